The number of hydrogen-bond acceptors (Lipinski definition) is 6. The quantitative estimate of drug-likeness (QED) is 0.744. The van der Waals surface area contributed by atoms with E-state index >= 15 is 0 Å². The lowest BCUT2D eigenvalue weighted by Gasteiger charge is -2.18. The van der Waals surface area contributed by atoms with Crippen LogP contribution in [0.25, 0.3) is 0 Å². The second-order valence-electron chi connectivity index (χ2n) is 3.86. The third-order valence-corrected chi connectivity index (χ3v) is 3.68. The summed E-state index contributed by atoms with van der Waals surface area (Å²) in [5.41, 5.74) is 1.23. The molecule has 0 aliphatic heterocycles. The summed E-state index contributed by atoms with van der Waals surface area (Å²) in [4.78, 5) is 0. The van der Waals surface area contributed by atoms with Crippen molar-refractivity contribution in [3.63, 3.8) is 0 Å². The lowest BCUT2D eigenvalue weighted by atomic mass is 10.1. The molecule has 0 N–H and O–H groups in total. The fraction of sp³-hybridized carbons (Fsp3) is 0.600. The van der Waals surface area contributed by atoms with E-state index in [1.165, 1.54) is 7.11 Å². The van der Waals surface area contributed by atoms with Gasteiger partial charge in [-0.3, -0.25) is 4.18 Å². The van der Waals surface area contributed by atoms with Crippen molar-refractivity contribution < 1.29 is 17.3 Å². The predicted octanol–water partition coefficient (Wildman–Crippen LogP) is 2.15. The molecule has 9 heteroatoms. The molecular formula is C10H14Cl2N2O4S. The summed E-state index contributed by atoms with van der Waals surface area (Å²) in [6.45, 7) is 1.72. The Hall–Kier alpha value is -0.470. The van der Waals surface area contributed by atoms with Gasteiger partial charge in [0.1, 0.15) is 0 Å². The van der Waals surface area contributed by atoms with Gasteiger partial charge >= 0.3 is 0 Å². The predicted molar refractivity (Wildman–Crippen MR) is 72.0 cm³/mol. The molecule has 0 bridgehead atoms. The maximum atomic E-state index is 10.9. The van der Waals surface area contributed by atoms with Gasteiger partial charge in [0.25, 0.3) is 10.1 Å². The summed E-state index contributed by atoms with van der Waals surface area (Å²) >= 11 is 11.9. The molecule has 1 aromatic heterocycles. The Balaban J connectivity index is 2.89. The largest absolute Gasteiger partial charge is 0.377 e. The fourth-order valence-electron chi connectivity index (χ4n) is 1.54. The Kier molecular flexibility index (Phi) is 5.94. The van der Waals surface area contributed by atoms with Crippen molar-refractivity contribution in [2.45, 2.75) is 19.4 Å². The van der Waals surface area contributed by atoms with E-state index in [0.29, 0.717) is 17.5 Å². The molecule has 6 nitrogen and oxygen atoms in total. The maximum absolute atomic E-state index is 10.9. The topological polar surface area (TPSA) is 78.4 Å². The molecule has 108 valence electrons. The first-order valence-corrected chi connectivity index (χ1v) is 7.89. The highest BCUT2D eigenvalue weighted by atomic mass is 35.5. The first-order chi connectivity index (χ1) is 8.76. The van der Waals surface area contributed by atoms with Crippen molar-refractivity contribution in [2.24, 2.45) is 0 Å². The first kappa shape index (κ1) is 16.6. The standard InChI is InChI=1S/C10H14Cl2N2O4S/c1-6-8(10(12)14-13-9(6)11)7(17-2)4-5-18-19(3,15)16/h7H,4-5H2,1-3H3. The van der Waals surface area contributed by atoms with Gasteiger partial charge in [0, 0.05) is 19.1 Å². The molecule has 1 heterocycles. The Morgan fingerprint density at radius 2 is 1.84 bits per heavy atom. The molecule has 1 atom stereocenters. The van der Waals surface area contributed by atoms with E-state index in [9.17, 15) is 8.42 Å². The molecule has 1 aromatic rings. The molecular weight excluding hydrogens is 315 g/mol. The summed E-state index contributed by atoms with van der Waals surface area (Å²) in [6, 6.07) is 0. The van der Waals surface area contributed by atoms with Gasteiger partial charge in [-0.25, -0.2) is 0 Å². The van der Waals surface area contributed by atoms with Gasteiger partial charge in [0.05, 0.1) is 19.0 Å². The van der Waals surface area contributed by atoms with E-state index in [0.717, 1.165) is 6.26 Å². The van der Waals surface area contributed by atoms with Gasteiger partial charge in [-0.15, -0.1) is 10.2 Å². The van der Waals surface area contributed by atoms with Crippen LogP contribution in [0.5, 0.6) is 0 Å². The van der Waals surface area contributed by atoms with Crippen molar-refractivity contribution >= 4 is 33.3 Å². The second-order valence-corrected chi connectivity index (χ2v) is 6.22. The van der Waals surface area contributed by atoms with Crippen molar-refractivity contribution in [3.8, 4) is 0 Å². The summed E-state index contributed by atoms with van der Waals surface area (Å²) in [5.74, 6) is 0. The fourth-order valence-corrected chi connectivity index (χ4v) is 2.38. The van der Waals surface area contributed by atoms with Gasteiger partial charge in [-0.05, 0) is 12.5 Å². The Morgan fingerprint density at radius 1 is 1.26 bits per heavy atom. The molecule has 0 radical (unpaired) electrons. The minimum atomic E-state index is -3.48. The van der Waals surface area contributed by atoms with Gasteiger partial charge in [0.15, 0.2) is 10.3 Å². The number of hydrogen-bond donors (Lipinski definition) is 0. The average Bonchev–Trinajstić information content (AvgIpc) is 2.31. The number of nitrogens with zero attached hydrogens (tertiary/aromatic N) is 2. The number of halogens is 2. The minimum absolute atomic E-state index is 0.0208. The van der Waals surface area contributed by atoms with Gasteiger partial charge in [-0.1, -0.05) is 23.2 Å². The van der Waals surface area contributed by atoms with Crippen LogP contribution in [-0.2, 0) is 19.0 Å². The van der Waals surface area contributed by atoms with E-state index in [1.54, 1.807) is 6.92 Å². The van der Waals surface area contributed by atoms with Gasteiger partial charge in [0.2, 0.25) is 0 Å². The molecule has 1 rings (SSSR count). The van der Waals surface area contributed by atoms with Crippen LogP contribution < -0.4 is 0 Å². The van der Waals surface area contributed by atoms with Crippen LogP contribution in [0.15, 0.2) is 0 Å². The summed E-state index contributed by atoms with van der Waals surface area (Å²) in [5, 5.41) is 7.79. The lowest BCUT2D eigenvalue weighted by Crippen LogP contribution is -2.12. The number of rotatable bonds is 6. The molecule has 0 aliphatic rings. The molecule has 19 heavy (non-hydrogen) atoms. The molecule has 0 amide bonds. The van der Waals surface area contributed by atoms with E-state index in [-0.39, 0.29) is 16.9 Å². The zero-order chi connectivity index (χ0) is 14.6. The molecule has 0 aromatic carbocycles. The highest BCUT2D eigenvalue weighted by Gasteiger charge is 2.21. The highest BCUT2D eigenvalue weighted by Crippen LogP contribution is 2.31. The van der Waals surface area contributed by atoms with Crippen molar-refractivity contribution in [1.82, 2.24) is 10.2 Å². The van der Waals surface area contributed by atoms with Crippen molar-refractivity contribution in [1.29, 1.82) is 0 Å². The van der Waals surface area contributed by atoms with Gasteiger partial charge in [-0.2, -0.15) is 8.42 Å². The van der Waals surface area contributed by atoms with Crippen LogP contribution in [-0.4, -0.2) is 38.6 Å². The lowest BCUT2D eigenvalue weighted by molar-refractivity contribution is 0.0815. The SMILES string of the molecule is COC(CCOS(C)(=O)=O)c1c(Cl)nnc(Cl)c1C. The van der Waals surface area contributed by atoms with Crippen LogP contribution in [0.2, 0.25) is 10.3 Å². The first-order valence-electron chi connectivity index (χ1n) is 5.31. The highest BCUT2D eigenvalue weighted by molar-refractivity contribution is 7.85. The Morgan fingerprint density at radius 3 is 2.37 bits per heavy atom. The third kappa shape index (κ3) is 4.85. The molecule has 0 spiro atoms. The van der Waals surface area contributed by atoms with E-state index < -0.39 is 16.2 Å². The molecule has 0 fully saturated rings. The molecule has 1 unspecified atom stereocenters. The zero-order valence-corrected chi connectivity index (χ0v) is 13.0. The Labute approximate surface area is 122 Å². The summed E-state index contributed by atoms with van der Waals surface area (Å²) < 4.78 is 31.7. The second kappa shape index (κ2) is 6.81. The van der Waals surface area contributed by atoms with Crippen LogP contribution >= 0.6 is 23.2 Å². The molecule has 0 saturated heterocycles. The van der Waals surface area contributed by atoms with E-state index in [2.05, 4.69) is 14.4 Å². The van der Waals surface area contributed by atoms with Crippen molar-refractivity contribution in [3.05, 3.63) is 21.4 Å². The average molecular weight is 329 g/mol. The third-order valence-electron chi connectivity index (χ3n) is 2.45. The van der Waals surface area contributed by atoms with Crippen LogP contribution in [0.4, 0.5) is 0 Å². The minimum Gasteiger partial charge on any atom is -0.377 e. The molecule has 0 saturated carbocycles. The van der Waals surface area contributed by atoms with Crippen LogP contribution in [0.1, 0.15) is 23.7 Å². The smallest absolute Gasteiger partial charge is 0.264 e. The van der Waals surface area contributed by atoms with Crippen molar-refractivity contribution in [2.75, 3.05) is 20.0 Å². The normalized spacial score (nSPS) is 13.5. The van der Waals surface area contributed by atoms with E-state index in [4.69, 9.17) is 27.9 Å². The van der Waals surface area contributed by atoms with E-state index in [1.807, 2.05) is 0 Å². The zero-order valence-electron chi connectivity index (χ0n) is 10.7. The monoisotopic (exact) mass is 328 g/mol. The number of methoxy groups -OCH3 is 1. The van der Waals surface area contributed by atoms with Crippen LogP contribution in [0, 0.1) is 6.92 Å². The van der Waals surface area contributed by atoms with Crippen LogP contribution in [0.3, 0.4) is 0 Å². The Bertz CT molecular complexity index is 551. The molecule has 0 aliphatic carbocycles. The summed E-state index contributed by atoms with van der Waals surface area (Å²) in [7, 11) is -2.00. The maximum Gasteiger partial charge on any atom is 0.264 e. The number of aromatic nitrogens is 2. The number of ether oxygens (including phenoxy) is 1. The van der Waals surface area contributed by atoms with Gasteiger partial charge < -0.3 is 4.74 Å². The summed E-state index contributed by atoms with van der Waals surface area (Å²) in [6.07, 6.45) is 0.812.